The Balaban J connectivity index is 2.02. The lowest BCUT2D eigenvalue weighted by Crippen LogP contribution is -2.34. The van der Waals surface area contributed by atoms with Gasteiger partial charge in [-0.05, 0) is 109 Å². The van der Waals surface area contributed by atoms with E-state index in [4.69, 9.17) is 44.3 Å². The van der Waals surface area contributed by atoms with E-state index in [0.29, 0.717) is 42.5 Å². The molecule has 0 unspecified atom stereocenters. The van der Waals surface area contributed by atoms with Crippen LogP contribution in [-0.2, 0) is 10.3 Å². The highest BCUT2D eigenvalue weighted by Gasteiger charge is 2.56. The number of carbonyl (C=O) groups is 1. The van der Waals surface area contributed by atoms with Crippen LogP contribution in [0.3, 0.4) is 0 Å². The maximum atomic E-state index is 13.2. The van der Waals surface area contributed by atoms with Crippen molar-refractivity contribution in [2.24, 2.45) is 0 Å². The topological polar surface area (TPSA) is 76.0 Å². The molecule has 0 fully saturated rings. The molecule has 0 bridgehead atoms. The first-order valence-corrected chi connectivity index (χ1v) is 14.0. The third kappa shape index (κ3) is 3.13. The quantitative estimate of drug-likeness (QED) is 0.136. The summed E-state index contributed by atoms with van der Waals surface area (Å²) in [5.41, 5.74) is 0.0260. The predicted molar refractivity (Wildman–Crippen MR) is 154 cm³/mol. The van der Waals surface area contributed by atoms with E-state index < -0.39 is 11.6 Å². The summed E-state index contributed by atoms with van der Waals surface area (Å²) in [4.78, 5) is 13.2. The van der Waals surface area contributed by atoms with Crippen molar-refractivity contribution in [1.29, 1.82) is 0 Å². The van der Waals surface area contributed by atoms with Crippen molar-refractivity contribution < 1.29 is 24.5 Å². The summed E-state index contributed by atoms with van der Waals surface area (Å²) < 4.78 is 14.2. The van der Waals surface area contributed by atoms with Crippen LogP contribution in [0.2, 0.25) is 15.1 Å². The van der Waals surface area contributed by atoms with Crippen molar-refractivity contribution in [2.45, 2.75) is 5.60 Å². The Hall–Kier alpha value is 0.320. The lowest BCUT2D eigenvalue weighted by atomic mass is 9.77. The van der Waals surface area contributed by atoms with Crippen LogP contribution in [-0.4, -0.2) is 16.2 Å². The molecule has 2 aliphatic rings. The molecule has 0 saturated carbocycles. The minimum atomic E-state index is -1.48. The molecule has 2 aliphatic heterocycles. The summed E-state index contributed by atoms with van der Waals surface area (Å²) in [5, 5.41) is 21.3. The van der Waals surface area contributed by atoms with Gasteiger partial charge in [0, 0.05) is 5.56 Å². The number of carbonyl (C=O) groups excluding carboxylic acids is 1. The summed E-state index contributed by atoms with van der Waals surface area (Å²) >= 11 is 27.0. The number of fused-ring (bicyclic) bond motifs is 6. The average Bonchev–Trinajstić information content (AvgIpc) is 3.03. The summed E-state index contributed by atoms with van der Waals surface area (Å²) in [6.07, 6.45) is 0. The Morgan fingerprint density at radius 2 is 1.28 bits per heavy atom. The Kier molecular flexibility index (Phi) is 6.15. The molecule has 2 heterocycles. The first-order valence-electron chi connectivity index (χ1n) is 8.52. The first-order chi connectivity index (χ1) is 15.0. The summed E-state index contributed by atoms with van der Waals surface area (Å²) in [5.74, 6) is 0.00309. The van der Waals surface area contributed by atoms with Gasteiger partial charge in [-0.1, -0.05) is 34.8 Å². The highest BCUT2D eigenvalue weighted by atomic mass is 127. The largest absolute Gasteiger partial charge is 0.506 e. The standard InChI is InChI=1S/C20H5Cl3I4O5/c21-7-1-4-10(12(23)11(7)22)19(30)32-20(4)5-2-8(24)15(28)13(26)17(5)31-18-6(20)3-9(25)16(29)14(18)27/h1-3,28-29H. The SMILES string of the molecule is O=C1OC2(c3cc(I)c(O)c(I)c3Oc3c2cc(I)c(O)c3I)c2cc(Cl)c(Cl)c(Cl)c21. The van der Waals surface area contributed by atoms with Crippen molar-refractivity contribution in [3.05, 3.63) is 69.8 Å². The van der Waals surface area contributed by atoms with Crippen molar-refractivity contribution in [3.8, 4) is 23.0 Å². The number of benzene rings is 3. The molecule has 0 amide bonds. The van der Waals surface area contributed by atoms with Gasteiger partial charge in [0.1, 0.15) is 11.5 Å². The van der Waals surface area contributed by atoms with Crippen LogP contribution in [0.1, 0.15) is 27.0 Å². The van der Waals surface area contributed by atoms with E-state index in [1.165, 1.54) is 0 Å². The van der Waals surface area contributed by atoms with Crippen LogP contribution in [0.4, 0.5) is 0 Å². The van der Waals surface area contributed by atoms with E-state index >= 15 is 0 Å². The summed E-state index contributed by atoms with van der Waals surface area (Å²) in [6.45, 7) is 0. The molecule has 164 valence electrons. The smallest absolute Gasteiger partial charge is 0.341 e. The molecule has 0 aromatic heterocycles. The van der Waals surface area contributed by atoms with Crippen molar-refractivity contribution in [2.75, 3.05) is 0 Å². The molecule has 0 atom stereocenters. The molecule has 5 nitrogen and oxygen atoms in total. The molecule has 3 aromatic rings. The third-order valence-corrected chi connectivity index (χ3v) is 10.2. The summed E-state index contributed by atoms with van der Waals surface area (Å²) in [6, 6.07) is 4.96. The number of phenolic OH excluding ortho intramolecular Hbond substituents is 2. The lowest BCUT2D eigenvalue weighted by molar-refractivity contribution is 0.0222. The minimum Gasteiger partial charge on any atom is -0.506 e. The van der Waals surface area contributed by atoms with Crippen LogP contribution in [0.25, 0.3) is 0 Å². The molecule has 12 heteroatoms. The molecule has 0 saturated heterocycles. The van der Waals surface area contributed by atoms with E-state index in [1.54, 1.807) is 18.2 Å². The molecule has 0 aliphatic carbocycles. The molecule has 32 heavy (non-hydrogen) atoms. The van der Waals surface area contributed by atoms with Crippen LogP contribution in [0, 0.1) is 14.3 Å². The number of aromatic hydroxyl groups is 2. The average molecular weight is 939 g/mol. The van der Waals surface area contributed by atoms with Gasteiger partial charge in [-0.25, -0.2) is 4.79 Å². The molecule has 3 aromatic carbocycles. The van der Waals surface area contributed by atoms with Gasteiger partial charge in [0.05, 0.1) is 46.0 Å². The van der Waals surface area contributed by atoms with Gasteiger partial charge in [0.25, 0.3) is 0 Å². The molecular formula is C20H5Cl3I4O5. The number of phenols is 2. The third-order valence-electron chi connectivity index (χ3n) is 5.25. The van der Waals surface area contributed by atoms with Gasteiger partial charge in [-0.15, -0.1) is 0 Å². The minimum absolute atomic E-state index is 0.00280. The molecule has 0 radical (unpaired) electrons. The fourth-order valence-electron chi connectivity index (χ4n) is 3.87. The number of hydrogen-bond donors (Lipinski definition) is 2. The zero-order valence-corrected chi connectivity index (χ0v) is 25.9. The van der Waals surface area contributed by atoms with Gasteiger partial charge in [-0.2, -0.15) is 0 Å². The number of halogens is 7. The maximum absolute atomic E-state index is 13.2. The van der Waals surface area contributed by atoms with Crippen molar-refractivity contribution in [1.82, 2.24) is 0 Å². The second-order valence-electron chi connectivity index (χ2n) is 6.88. The Bertz CT molecular complexity index is 1350. The van der Waals surface area contributed by atoms with Crippen LogP contribution in [0.15, 0.2) is 18.2 Å². The Labute approximate surface area is 250 Å². The van der Waals surface area contributed by atoms with Gasteiger partial charge in [0.2, 0.25) is 0 Å². The zero-order chi connectivity index (χ0) is 23.3. The van der Waals surface area contributed by atoms with Gasteiger partial charge < -0.3 is 19.7 Å². The number of rotatable bonds is 0. The van der Waals surface area contributed by atoms with Gasteiger partial charge in [0.15, 0.2) is 17.1 Å². The van der Waals surface area contributed by atoms with Gasteiger partial charge >= 0.3 is 5.97 Å². The molecular weight excluding hydrogens is 934 g/mol. The fraction of sp³-hybridized carbons (Fsp3) is 0.0500. The van der Waals surface area contributed by atoms with E-state index in [9.17, 15) is 15.0 Å². The first kappa shape index (κ1) is 24.0. The van der Waals surface area contributed by atoms with Crippen LogP contribution >= 0.6 is 125 Å². The fourth-order valence-corrected chi connectivity index (χ4v) is 8.13. The number of hydrogen-bond acceptors (Lipinski definition) is 5. The number of esters is 1. The van der Waals surface area contributed by atoms with E-state index in [0.717, 1.165) is 0 Å². The molecule has 1 spiro atoms. The van der Waals surface area contributed by atoms with Crippen LogP contribution < -0.4 is 4.74 Å². The maximum Gasteiger partial charge on any atom is 0.341 e. The van der Waals surface area contributed by atoms with E-state index in [2.05, 4.69) is 0 Å². The zero-order valence-electron chi connectivity index (χ0n) is 15.0. The second kappa shape index (κ2) is 8.18. The second-order valence-corrected chi connectivity index (χ2v) is 12.5. The normalized spacial score (nSPS) is 15.2. The number of ether oxygens (including phenoxy) is 2. The van der Waals surface area contributed by atoms with Crippen molar-refractivity contribution in [3.63, 3.8) is 0 Å². The molecule has 2 N–H and O–H groups in total. The van der Waals surface area contributed by atoms with E-state index in [1.807, 2.05) is 90.4 Å². The summed E-state index contributed by atoms with van der Waals surface area (Å²) in [7, 11) is 0. The highest BCUT2D eigenvalue weighted by molar-refractivity contribution is 14.1. The highest BCUT2D eigenvalue weighted by Crippen LogP contribution is 2.61. The lowest BCUT2D eigenvalue weighted by Gasteiger charge is -2.38. The van der Waals surface area contributed by atoms with E-state index in [-0.39, 0.29) is 32.1 Å². The Morgan fingerprint density at radius 3 is 1.78 bits per heavy atom. The van der Waals surface area contributed by atoms with Gasteiger partial charge in [-0.3, -0.25) is 0 Å². The monoisotopic (exact) mass is 938 g/mol. The van der Waals surface area contributed by atoms with Crippen molar-refractivity contribution >= 4 is 131 Å². The molecule has 5 rings (SSSR count). The Morgan fingerprint density at radius 1 is 0.781 bits per heavy atom. The van der Waals surface area contributed by atoms with Crippen LogP contribution in [0.5, 0.6) is 23.0 Å². The predicted octanol–water partition coefficient (Wildman–Crippen LogP) is 8.04.